The van der Waals surface area contributed by atoms with Crippen LogP contribution in [0.2, 0.25) is 0 Å². The van der Waals surface area contributed by atoms with Crippen LogP contribution in [0.1, 0.15) is 0 Å². The maximum atomic E-state index is 10.6. The number of hydrogen-bond donors (Lipinski definition) is 3. The van der Waals surface area contributed by atoms with Gasteiger partial charge in [-0.3, -0.25) is 0 Å². The molecule has 0 bridgehead atoms. The molecule has 0 aliphatic rings. The molecule has 0 radical (unpaired) electrons. The van der Waals surface area contributed by atoms with Crippen molar-refractivity contribution in [3.05, 3.63) is 42.5 Å². The number of hydrogen-bond acceptors (Lipinski definition) is 9. The summed E-state index contributed by atoms with van der Waals surface area (Å²) in [6.07, 6.45) is -0.861. The van der Waals surface area contributed by atoms with Gasteiger partial charge >= 0.3 is 51.4 Å². The summed E-state index contributed by atoms with van der Waals surface area (Å²) in [6, 6.07) is 10.7. The number of benzene rings is 2. The molecule has 11 heteroatoms. The first kappa shape index (κ1) is 27.1. The van der Waals surface area contributed by atoms with E-state index in [0.717, 1.165) is 6.07 Å². The van der Waals surface area contributed by atoms with Crippen molar-refractivity contribution in [2.75, 3.05) is 27.4 Å². The molecule has 0 aromatic heterocycles. The quantitative estimate of drug-likeness (QED) is 0.321. The van der Waals surface area contributed by atoms with Crippen molar-refractivity contribution in [3.8, 4) is 23.0 Å². The molecule has 150 valence electrons. The van der Waals surface area contributed by atoms with E-state index in [-0.39, 0.29) is 76.1 Å². The molecule has 0 amide bonds. The normalized spacial score (nSPS) is 11.3. The smallest absolute Gasteiger partial charge is 0.744 e. The number of methoxy groups -OCH3 is 2. The number of ether oxygens (including phenoxy) is 3. The molecule has 9 nitrogen and oxygen atoms in total. The van der Waals surface area contributed by atoms with Gasteiger partial charge in [0.05, 0.1) is 20.8 Å². The predicted molar refractivity (Wildman–Crippen MR) is 94.2 cm³/mol. The van der Waals surface area contributed by atoms with Gasteiger partial charge < -0.3 is 34.1 Å². The molecule has 0 spiro atoms. The van der Waals surface area contributed by atoms with Gasteiger partial charge in [-0.1, -0.05) is 18.2 Å². The van der Waals surface area contributed by atoms with Crippen LogP contribution in [-0.2, 0) is 10.1 Å². The van der Waals surface area contributed by atoms with Gasteiger partial charge in [0.25, 0.3) is 0 Å². The van der Waals surface area contributed by atoms with Crippen LogP contribution < -0.4 is 65.6 Å². The zero-order valence-electron chi connectivity index (χ0n) is 15.7. The molecule has 2 aromatic rings. The van der Waals surface area contributed by atoms with Crippen molar-refractivity contribution in [1.29, 1.82) is 0 Å². The summed E-state index contributed by atoms with van der Waals surface area (Å²) in [5, 5.41) is 26.8. The fourth-order valence-corrected chi connectivity index (χ4v) is 2.54. The van der Waals surface area contributed by atoms with Gasteiger partial charge in [-0.05, 0) is 24.3 Å². The van der Waals surface area contributed by atoms with Crippen LogP contribution in [0.3, 0.4) is 0 Å². The molecule has 1 unspecified atom stereocenters. The summed E-state index contributed by atoms with van der Waals surface area (Å²) < 4.78 is 46.7. The van der Waals surface area contributed by atoms with Gasteiger partial charge in [-0.15, -0.1) is 0 Å². The SMILES string of the molecule is COc1c(O)cccc1S(=O)(=O)[O-].COc1ccccc1OCC(O)CO.[K+]. The standard InChI is InChI=1S/C10H14O4.C7H8O5S.K/c1-13-9-4-2-3-5-10(9)14-7-8(12)6-11;1-12-7-5(8)3-2-4-6(7)13(9,10)11;/h2-5,8,11-12H,6-7H2,1H3;2-4,8H,1H3,(H,9,10,11);/q;;+1/p-1. The zero-order chi connectivity index (χ0) is 20.4. The maximum absolute atomic E-state index is 10.6. The first-order valence-electron chi connectivity index (χ1n) is 7.61. The summed E-state index contributed by atoms with van der Waals surface area (Å²) in [7, 11) is -1.89. The molecule has 0 heterocycles. The molecule has 2 rings (SSSR count). The van der Waals surface area contributed by atoms with Gasteiger partial charge in [0.15, 0.2) is 23.0 Å². The number of rotatable bonds is 7. The van der Waals surface area contributed by atoms with E-state index >= 15 is 0 Å². The minimum absolute atomic E-state index is 0. The van der Waals surface area contributed by atoms with E-state index in [1.807, 2.05) is 12.1 Å². The van der Waals surface area contributed by atoms with Gasteiger partial charge in [0.2, 0.25) is 0 Å². The molecular weight excluding hydrogens is 419 g/mol. The van der Waals surface area contributed by atoms with Gasteiger partial charge in [0.1, 0.15) is 27.7 Å². The topological polar surface area (TPSA) is 146 Å². The van der Waals surface area contributed by atoms with Gasteiger partial charge in [-0.25, -0.2) is 8.42 Å². The van der Waals surface area contributed by atoms with Crippen molar-refractivity contribution in [2.24, 2.45) is 0 Å². The first-order valence-corrected chi connectivity index (χ1v) is 9.02. The molecule has 0 saturated heterocycles. The molecule has 0 aliphatic heterocycles. The number of phenols is 1. The van der Waals surface area contributed by atoms with E-state index in [1.54, 1.807) is 19.2 Å². The molecule has 2 aromatic carbocycles. The van der Waals surface area contributed by atoms with E-state index in [0.29, 0.717) is 11.5 Å². The van der Waals surface area contributed by atoms with E-state index in [4.69, 9.17) is 24.8 Å². The van der Waals surface area contributed by atoms with E-state index in [2.05, 4.69) is 4.74 Å². The van der Waals surface area contributed by atoms with Crippen molar-refractivity contribution in [2.45, 2.75) is 11.0 Å². The summed E-state index contributed by atoms with van der Waals surface area (Å²) in [4.78, 5) is -0.560. The van der Waals surface area contributed by atoms with Crippen molar-refractivity contribution >= 4 is 10.1 Å². The Morgan fingerprint density at radius 2 is 1.64 bits per heavy atom. The largest absolute Gasteiger partial charge is 1.00 e. The molecule has 0 fully saturated rings. The maximum Gasteiger partial charge on any atom is 1.00 e. The van der Waals surface area contributed by atoms with Crippen LogP contribution >= 0.6 is 0 Å². The molecule has 0 aliphatic carbocycles. The summed E-state index contributed by atoms with van der Waals surface area (Å²) in [6.45, 7) is -0.258. The van der Waals surface area contributed by atoms with Crippen LogP contribution in [-0.4, -0.2) is 61.8 Å². The molecule has 1 atom stereocenters. The Labute approximate surface area is 206 Å². The average molecular weight is 441 g/mol. The first-order chi connectivity index (χ1) is 12.7. The Morgan fingerprint density at radius 1 is 1.04 bits per heavy atom. The Hall–Kier alpha value is -0.894. The average Bonchev–Trinajstić information content (AvgIpc) is 2.65. The van der Waals surface area contributed by atoms with E-state index in [1.165, 1.54) is 19.2 Å². The third kappa shape index (κ3) is 8.63. The second-order valence-electron chi connectivity index (χ2n) is 5.06. The van der Waals surface area contributed by atoms with Crippen LogP contribution in [0.5, 0.6) is 23.0 Å². The second-order valence-corrected chi connectivity index (χ2v) is 6.41. The fraction of sp³-hybridized carbons (Fsp3) is 0.294. The zero-order valence-corrected chi connectivity index (χ0v) is 19.7. The summed E-state index contributed by atoms with van der Waals surface area (Å²) in [5.74, 6) is 0.470. The minimum atomic E-state index is -4.60. The Bertz CT molecular complexity index is 827. The van der Waals surface area contributed by atoms with Crippen molar-refractivity contribution in [1.82, 2.24) is 0 Å². The fourth-order valence-electron chi connectivity index (χ4n) is 1.88. The Kier molecular flexibility index (Phi) is 12.9. The predicted octanol–water partition coefficient (Wildman–Crippen LogP) is -2.26. The van der Waals surface area contributed by atoms with Crippen LogP contribution in [0.15, 0.2) is 47.4 Å². The van der Waals surface area contributed by atoms with Crippen LogP contribution in [0.25, 0.3) is 0 Å². The minimum Gasteiger partial charge on any atom is -0.744 e. The van der Waals surface area contributed by atoms with Crippen molar-refractivity contribution in [3.63, 3.8) is 0 Å². The van der Waals surface area contributed by atoms with Gasteiger partial charge in [0, 0.05) is 0 Å². The molecule has 0 saturated carbocycles. The third-order valence-corrected chi connectivity index (χ3v) is 4.00. The number of phenolic OH excluding ortho intramolecular Hbond substituents is 1. The van der Waals surface area contributed by atoms with Crippen molar-refractivity contribution < 1.29 is 93.9 Å². The number of aliphatic hydroxyl groups is 2. The Morgan fingerprint density at radius 3 is 2.11 bits per heavy atom. The molecule has 28 heavy (non-hydrogen) atoms. The van der Waals surface area contributed by atoms with Gasteiger partial charge in [-0.2, -0.15) is 0 Å². The number of aliphatic hydroxyl groups excluding tert-OH is 2. The Balaban J connectivity index is 0.000000504. The van der Waals surface area contributed by atoms with Crippen LogP contribution in [0.4, 0.5) is 0 Å². The molecular formula is C17H21KO9S. The summed E-state index contributed by atoms with van der Waals surface area (Å²) in [5.41, 5.74) is 0. The third-order valence-electron chi connectivity index (χ3n) is 3.14. The monoisotopic (exact) mass is 440 g/mol. The summed E-state index contributed by atoms with van der Waals surface area (Å²) >= 11 is 0. The molecule has 3 N–H and O–H groups in total. The van der Waals surface area contributed by atoms with E-state index < -0.39 is 21.1 Å². The second kappa shape index (κ2) is 13.4. The van der Waals surface area contributed by atoms with E-state index in [9.17, 15) is 13.0 Å². The van der Waals surface area contributed by atoms with Crippen LogP contribution in [0, 0.1) is 0 Å². The number of para-hydroxylation sites is 3. The number of aromatic hydroxyl groups is 1.